The number of carbonyl (C=O) groups excluding carboxylic acids is 1. The first kappa shape index (κ1) is 24.5. The van der Waals surface area contributed by atoms with Gasteiger partial charge in [-0.1, -0.05) is 30.3 Å². The van der Waals surface area contributed by atoms with Crippen LogP contribution >= 0.6 is 18.1 Å². The van der Waals surface area contributed by atoms with Gasteiger partial charge < -0.3 is 30.9 Å². The number of aliphatic hydroxyl groups excluding tert-OH is 2. The van der Waals surface area contributed by atoms with Crippen LogP contribution in [0.2, 0.25) is 0 Å². The first-order valence-corrected chi connectivity index (χ1v) is 13.5. The first-order valence-electron chi connectivity index (χ1n) is 10.2. The number of rotatable bonds is 9. The summed E-state index contributed by atoms with van der Waals surface area (Å²) in [7, 11) is 0. The van der Waals surface area contributed by atoms with Gasteiger partial charge >= 0.3 is 6.72 Å². The van der Waals surface area contributed by atoms with Crippen LogP contribution in [0.3, 0.4) is 0 Å². The van der Waals surface area contributed by atoms with Crippen molar-refractivity contribution in [1.82, 2.24) is 29.9 Å². The standard InChI is InChI=1S/C19H24N7O6PS/c20-17-14-18(23-9-22-17)26(10-24-14)19-16(29)15(28)12(32-19)7-21-13(27)8-34-33(30,31)25-6-11-4-2-1-3-5-11/h1-5,9-10,12,15-16,19,28-29H,6-8H2,(H,21,27)(H2,20,22,23)(H2,25,30,31)/t12-,15-,16-,19-/m1/s1. The fraction of sp³-hybridized carbons (Fsp3) is 0.368. The first-order chi connectivity index (χ1) is 16.2. The molecule has 182 valence electrons. The highest BCUT2D eigenvalue weighted by Crippen LogP contribution is 2.50. The second kappa shape index (κ2) is 10.4. The van der Waals surface area contributed by atoms with Gasteiger partial charge in [-0.2, -0.15) is 0 Å². The van der Waals surface area contributed by atoms with E-state index in [4.69, 9.17) is 10.5 Å². The lowest BCUT2D eigenvalue weighted by Gasteiger charge is -2.17. The van der Waals surface area contributed by atoms with Gasteiger partial charge in [-0.3, -0.25) is 13.9 Å². The predicted molar refractivity (Wildman–Crippen MR) is 124 cm³/mol. The van der Waals surface area contributed by atoms with Crippen LogP contribution in [0.25, 0.3) is 11.2 Å². The lowest BCUT2D eigenvalue weighted by molar-refractivity contribution is -0.119. The average Bonchev–Trinajstić information content (AvgIpc) is 3.38. The largest absolute Gasteiger partial charge is 0.387 e. The van der Waals surface area contributed by atoms with Crippen molar-refractivity contribution < 1.29 is 29.2 Å². The van der Waals surface area contributed by atoms with Gasteiger partial charge in [-0.05, 0) is 16.9 Å². The van der Waals surface area contributed by atoms with Crippen LogP contribution in [0.1, 0.15) is 11.8 Å². The van der Waals surface area contributed by atoms with Crippen molar-refractivity contribution in [1.29, 1.82) is 0 Å². The number of aromatic nitrogens is 4. The van der Waals surface area contributed by atoms with Crippen molar-refractivity contribution in [3.8, 4) is 0 Å². The van der Waals surface area contributed by atoms with E-state index < -0.39 is 37.2 Å². The molecule has 4 rings (SSSR count). The van der Waals surface area contributed by atoms with Crippen molar-refractivity contribution in [2.24, 2.45) is 0 Å². The lowest BCUT2D eigenvalue weighted by Crippen LogP contribution is -2.40. The number of imidazole rings is 1. The summed E-state index contributed by atoms with van der Waals surface area (Å²) in [6, 6.07) is 9.11. The zero-order valence-electron chi connectivity index (χ0n) is 17.8. The molecule has 5 atom stereocenters. The highest BCUT2D eigenvalue weighted by molar-refractivity contribution is 8.55. The van der Waals surface area contributed by atoms with Crippen LogP contribution in [0, 0.1) is 0 Å². The number of amides is 1. The Labute approximate surface area is 198 Å². The molecule has 1 saturated heterocycles. The van der Waals surface area contributed by atoms with Gasteiger partial charge in [-0.25, -0.2) is 20.0 Å². The van der Waals surface area contributed by atoms with Gasteiger partial charge in [0.25, 0.3) is 0 Å². The fourth-order valence-corrected chi connectivity index (χ4v) is 5.64. The van der Waals surface area contributed by atoms with E-state index in [9.17, 15) is 24.5 Å². The molecule has 1 aromatic carbocycles. The van der Waals surface area contributed by atoms with E-state index in [1.807, 2.05) is 30.3 Å². The van der Waals surface area contributed by atoms with Crippen LogP contribution in [0.5, 0.6) is 0 Å². The predicted octanol–water partition coefficient (Wildman–Crippen LogP) is -0.233. The molecule has 0 bridgehead atoms. The maximum atomic E-state index is 12.3. The summed E-state index contributed by atoms with van der Waals surface area (Å²) in [6.07, 6.45) is -1.93. The number of anilines is 1. The second-order valence-electron chi connectivity index (χ2n) is 7.55. The van der Waals surface area contributed by atoms with Crippen molar-refractivity contribution >= 4 is 41.0 Å². The van der Waals surface area contributed by atoms with Gasteiger partial charge in [0.1, 0.15) is 30.2 Å². The molecule has 1 aliphatic heterocycles. The molecule has 13 nitrogen and oxygen atoms in total. The van der Waals surface area contributed by atoms with Gasteiger partial charge in [-0.15, -0.1) is 0 Å². The van der Waals surface area contributed by atoms with Gasteiger partial charge in [0.15, 0.2) is 17.7 Å². The van der Waals surface area contributed by atoms with Crippen molar-refractivity contribution in [3.63, 3.8) is 0 Å². The summed E-state index contributed by atoms with van der Waals surface area (Å²) in [4.78, 5) is 34.3. The molecule has 0 aliphatic carbocycles. The normalized spacial score (nSPS) is 24.2. The van der Waals surface area contributed by atoms with Crippen LogP contribution < -0.4 is 16.1 Å². The molecular formula is C19H24N7O6PS. The molecule has 0 radical (unpaired) electrons. The summed E-state index contributed by atoms with van der Waals surface area (Å²) in [5.41, 5.74) is 7.26. The molecule has 1 amide bonds. The third-order valence-corrected chi connectivity index (χ3v) is 8.32. The maximum Gasteiger partial charge on any atom is 0.324 e. The summed E-state index contributed by atoms with van der Waals surface area (Å²) < 4.78 is 19.4. The fourth-order valence-electron chi connectivity index (χ4n) is 3.43. The van der Waals surface area contributed by atoms with Crippen LogP contribution in [0.4, 0.5) is 5.82 Å². The second-order valence-corrected chi connectivity index (χ2v) is 11.7. The van der Waals surface area contributed by atoms with E-state index in [0.29, 0.717) is 22.5 Å². The molecule has 7 N–H and O–H groups in total. The number of fused-ring (bicyclic) bond motifs is 1. The summed E-state index contributed by atoms with van der Waals surface area (Å²) in [5, 5.41) is 25.9. The van der Waals surface area contributed by atoms with E-state index in [1.165, 1.54) is 17.2 Å². The van der Waals surface area contributed by atoms with Gasteiger partial charge in [0.2, 0.25) is 5.91 Å². The van der Waals surface area contributed by atoms with Crippen molar-refractivity contribution in [2.45, 2.75) is 31.1 Å². The van der Waals surface area contributed by atoms with Gasteiger partial charge in [0, 0.05) is 13.1 Å². The molecule has 3 aromatic rings. The lowest BCUT2D eigenvalue weighted by atomic mass is 10.1. The smallest absolute Gasteiger partial charge is 0.324 e. The Morgan fingerprint density at radius 3 is 2.74 bits per heavy atom. The highest BCUT2D eigenvalue weighted by Gasteiger charge is 2.44. The Morgan fingerprint density at radius 2 is 1.97 bits per heavy atom. The Balaban J connectivity index is 1.28. The van der Waals surface area contributed by atoms with E-state index in [0.717, 1.165) is 5.56 Å². The number of benzene rings is 1. The minimum Gasteiger partial charge on any atom is -0.387 e. The Morgan fingerprint density at radius 1 is 1.21 bits per heavy atom. The van der Waals surface area contributed by atoms with E-state index in [1.54, 1.807) is 0 Å². The maximum absolute atomic E-state index is 12.3. The monoisotopic (exact) mass is 509 g/mol. The molecule has 3 heterocycles. The third-order valence-electron chi connectivity index (χ3n) is 5.20. The number of nitrogens with zero attached hydrogens (tertiary/aromatic N) is 4. The van der Waals surface area contributed by atoms with E-state index in [2.05, 4.69) is 25.4 Å². The summed E-state index contributed by atoms with van der Waals surface area (Å²) >= 11 is 0.588. The minimum atomic E-state index is -3.80. The number of ether oxygens (including phenoxy) is 1. The molecule has 2 aromatic heterocycles. The third kappa shape index (κ3) is 5.55. The number of nitrogens with one attached hydrogen (secondary N) is 2. The molecule has 1 unspecified atom stereocenters. The van der Waals surface area contributed by atoms with Crippen LogP contribution in [-0.2, 0) is 20.6 Å². The molecule has 0 saturated carbocycles. The van der Waals surface area contributed by atoms with Crippen molar-refractivity contribution in [3.05, 3.63) is 48.5 Å². The van der Waals surface area contributed by atoms with E-state index >= 15 is 0 Å². The highest BCUT2D eigenvalue weighted by atomic mass is 32.7. The minimum absolute atomic E-state index is 0.120. The van der Waals surface area contributed by atoms with Crippen LogP contribution in [0.15, 0.2) is 43.0 Å². The topological polar surface area (TPSA) is 198 Å². The Hall–Kier alpha value is -2.58. The summed E-state index contributed by atoms with van der Waals surface area (Å²) in [6.45, 7) is -3.74. The summed E-state index contributed by atoms with van der Waals surface area (Å²) in [5.74, 6) is -0.646. The molecule has 0 spiro atoms. The SMILES string of the molecule is Nc1ncnc2c1ncn2[C@@H]1O[C@H](CNC(=O)CSP(=O)(O)NCc2ccccc2)[C@@H](O)[C@H]1O. The Kier molecular flexibility index (Phi) is 7.48. The number of carbonyl (C=O) groups is 1. The van der Waals surface area contributed by atoms with E-state index in [-0.39, 0.29) is 24.7 Å². The zero-order valence-corrected chi connectivity index (χ0v) is 19.5. The molecular weight excluding hydrogens is 485 g/mol. The molecule has 34 heavy (non-hydrogen) atoms. The van der Waals surface area contributed by atoms with Gasteiger partial charge in [0.05, 0.1) is 12.1 Å². The number of nitrogens with two attached hydrogens (primary N) is 1. The zero-order chi connectivity index (χ0) is 24.3. The van der Waals surface area contributed by atoms with Crippen molar-refractivity contribution in [2.75, 3.05) is 18.0 Å². The Bertz CT molecular complexity index is 1200. The molecule has 15 heteroatoms. The number of aliphatic hydroxyl groups is 2. The molecule has 1 fully saturated rings. The average molecular weight is 509 g/mol. The van der Waals surface area contributed by atoms with Crippen LogP contribution in [-0.4, -0.2) is 71.1 Å². The number of hydrogen-bond acceptors (Lipinski definition) is 10. The quantitative estimate of drug-likeness (QED) is 0.207. The number of hydrogen-bond donors (Lipinski definition) is 6. The molecule has 1 aliphatic rings. The number of nitrogen functional groups attached to an aromatic ring is 1.